The molecule has 0 saturated carbocycles. The second kappa shape index (κ2) is 5.63. The minimum absolute atomic E-state index is 0.0176. The number of fused-ring (bicyclic) bond motifs is 1. The Balaban J connectivity index is 2.46. The third-order valence-corrected chi connectivity index (χ3v) is 4.20. The van der Waals surface area contributed by atoms with E-state index in [0.29, 0.717) is 5.39 Å². The van der Waals surface area contributed by atoms with Crippen molar-refractivity contribution < 1.29 is 5.11 Å². The Morgan fingerprint density at radius 1 is 1.56 bits per heavy atom. The van der Waals surface area contributed by atoms with E-state index < -0.39 is 0 Å². The molecule has 0 aliphatic heterocycles. The molecule has 1 atom stereocenters. The number of hydrogen-bond donors (Lipinski definition) is 1. The SMILES string of the molecule is CCCCC(CO)n1cnc2scc(C)c2c1=O. The lowest BCUT2D eigenvalue weighted by atomic mass is 10.1. The third-order valence-electron chi connectivity index (χ3n) is 3.20. The molecular weight excluding hydrogens is 248 g/mol. The predicted octanol–water partition coefficient (Wildman–Crippen LogP) is 2.49. The van der Waals surface area contributed by atoms with Gasteiger partial charge < -0.3 is 5.11 Å². The summed E-state index contributed by atoms with van der Waals surface area (Å²) in [5.74, 6) is 0. The van der Waals surface area contributed by atoms with Crippen molar-refractivity contribution in [2.45, 2.75) is 39.2 Å². The summed E-state index contributed by atoms with van der Waals surface area (Å²) < 4.78 is 1.58. The van der Waals surface area contributed by atoms with E-state index in [1.807, 2.05) is 12.3 Å². The van der Waals surface area contributed by atoms with Crippen LogP contribution in [0.5, 0.6) is 0 Å². The van der Waals surface area contributed by atoms with E-state index in [1.165, 1.54) is 11.3 Å². The van der Waals surface area contributed by atoms with Gasteiger partial charge in [-0.3, -0.25) is 9.36 Å². The van der Waals surface area contributed by atoms with Crippen molar-refractivity contribution >= 4 is 21.6 Å². The zero-order valence-electron chi connectivity index (χ0n) is 10.7. The molecular formula is C13H18N2O2S. The van der Waals surface area contributed by atoms with Crippen molar-refractivity contribution in [1.82, 2.24) is 9.55 Å². The van der Waals surface area contributed by atoms with Gasteiger partial charge in [-0.2, -0.15) is 0 Å². The molecule has 2 aromatic heterocycles. The van der Waals surface area contributed by atoms with Gasteiger partial charge >= 0.3 is 0 Å². The van der Waals surface area contributed by atoms with E-state index in [1.54, 1.807) is 10.9 Å². The highest BCUT2D eigenvalue weighted by Gasteiger charge is 2.15. The van der Waals surface area contributed by atoms with Gasteiger partial charge in [0.05, 0.1) is 24.4 Å². The smallest absolute Gasteiger partial charge is 0.262 e. The number of hydrogen-bond acceptors (Lipinski definition) is 4. The standard InChI is InChI=1S/C13H18N2O2S/c1-3-4-5-10(6-16)15-8-14-12-11(13(15)17)9(2)7-18-12/h7-8,10,16H,3-6H2,1-2H3. The van der Waals surface area contributed by atoms with E-state index in [0.717, 1.165) is 29.7 Å². The van der Waals surface area contributed by atoms with Crippen molar-refractivity contribution in [3.63, 3.8) is 0 Å². The molecule has 2 rings (SSSR count). The number of aryl methyl sites for hydroxylation is 1. The second-order valence-electron chi connectivity index (χ2n) is 4.53. The maximum Gasteiger partial charge on any atom is 0.262 e. The number of aromatic nitrogens is 2. The summed E-state index contributed by atoms with van der Waals surface area (Å²) in [6, 6.07) is -0.159. The van der Waals surface area contributed by atoms with Crippen LogP contribution in [-0.2, 0) is 0 Å². The zero-order chi connectivity index (χ0) is 13.1. The summed E-state index contributed by atoms with van der Waals surface area (Å²) >= 11 is 1.49. The fourth-order valence-corrected chi connectivity index (χ4v) is 2.98. The Kier molecular flexibility index (Phi) is 4.14. The van der Waals surface area contributed by atoms with E-state index in [-0.39, 0.29) is 18.2 Å². The minimum Gasteiger partial charge on any atom is -0.394 e. The topological polar surface area (TPSA) is 55.1 Å². The molecule has 0 radical (unpaired) electrons. The fraction of sp³-hybridized carbons (Fsp3) is 0.538. The van der Waals surface area contributed by atoms with Crippen LogP contribution in [0.3, 0.4) is 0 Å². The monoisotopic (exact) mass is 266 g/mol. The number of thiophene rings is 1. The van der Waals surface area contributed by atoms with Gasteiger partial charge in [0.2, 0.25) is 0 Å². The molecule has 0 aromatic carbocycles. The lowest BCUT2D eigenvalue weighted by Crippen LogP contribution is -2.27. The van der Waals surface area contributed by atoms with Crippen LogP contribution >= 0.6 is 11.3 Å². The zero-order valence-corrected chi connectivity index (χ0v) is 11.5. The largest absolute Gasteiger partial charge is 0.394 e. The van der Waals surface area contributed by atoms with E-state index >= 15 is 0 Å². The first-order valence-corrected chi connectivity index (χ1v) is 7.12. The molecule has 0 aliphatic rings. The number of aliphatic hydroxyl groups excluding tert-OH is 1. The molecule has 5 heteroatoms. The number of nitrogens with zero attached hydrogens (tertiary/aromatic N) is 2. The van der Waals surface area contributed by atoms with Gasteiger partial charge in [0, 0.05) is 0 Å². The Morgan fingerprint density at radius 3 is 3.00 bits per heavy atom. The quantitative estimate of drug-likeness (QED) is 0.904. The van der Waals surface area contributed by atoms with Gasteiger partial charge in [0.15, 0.2) is 0 Å². The Hall–Kier alpha value is -1.20. The molecule has 2 heterocycles. The van der Waals surface area contributed by atoms with E-state index in [2.05, 4.69) is 11.9 Å². The summed E-state index contributed by atoms with van der Waals surface area (Å²) in [5.41, 5.74) is 0.933. The number of aliphatic hydroxyl groups is 1. The summed E-state index contributed by atoms with van der Waals surface area (Å²) in [6.07, 6.45) is 4.43. The molecule has 0 aliphatic carbocycles. The summed E-state index contributed by atoms with van der Waals surface area (Å²) in [7, 11) is 0. The molecule has 2 aromatic rings. The van der Waals surface area contributed by atoms with Gasteiger partial charge in [-0.25, -0.2) is 4.98 Å². The minimum atomic E-state index is -0.159. The predicted molar refractivity (Wildman–Crippen MR) is 74.3 cm³/mol. The first-order chi connectivity index (χ1) is 8.69. The highest BCUT2D eigenvalue weighted by Crippen LogP contribution is 2.21. The molecule has 1 unspecified atom stereocenters. The molecule has 0 amide bonds. The molecule has 4 nitrogen and oxygen atoms in total. The lowest BCUT2D eigenvalue weighted by Gasteiger charge is -2.16. The van der Waals surface area contributed by atoms with Crippen molar-refractivity contribution in [1.29, 1.82) is 0 Å². The van der Waals surface area contributed by atoms with Crippen LogP contribution in [0.15, 0.2) is 16.5 Å². The van der Waals surface area contributed by atoms with Crippen molar-refractivity contribution in [3.05, 3.63) is 27.6 Å². The lowest BCUT2D eigenvalue weighted by molar-refractivity contribution is 0.215. The summed E-state index contributed by atoms with van der Waals surface area (Å²) in [4.78, 5) is 17.5. The molecule has 18 heavy (non-hydrogen) atoms. The molecule has 98 valence electrons. The fourth-order valence-electron chi connectivity index (χ4n) is 2.10. The number of unbranched alkanes of at least 4 members (excludes halogenated alkanes) is 1. The van der Waals surface area contributed by atoms with Gasteiger partial charge in [-0.1, -0.05) is 19.8 Å². The van der Waals surface area contributed by atoms with Crippen LogP contribution in [0, 0.1) is 6.92 Å². The average Bonchev–Trinajstić information content (AvgIpc) is 2.75. The summed E-state index contributed by atoms with van der Waals surface area (Å²) in [5, 5.41) is 12.1. The maximum absolute atomic E-state index is 12.4. The van der Waals surface area contributed by atoms with Gasteiger partial charge in [0.25, 0.3) is 5.56 Å². The van der Waals surface area contributed by atoms with Crippen LogP contribution in [0.2, 0.25) is 0 Å². The van der Waals surface area contributed by atoms with Gasteiger partial charge in [-0.05, 0) is 24.3 Å². The Labute approximate surface area is 110 Å². The van der Waals surface area contributed by atoms with Gasteiger partial charge in [0.1, 0.15) is 4.83 Å². The first-order valence-electron chi connectivity index (χ1n) is 6.24. The van der Waals surface area contributed by atoms with Crippen LogP contribution < -0.4 is 5.56 Å². The average molecular weight is 266 g/mol. The second-order valence-corrected chi connectivity index (χ2v) is 5.39. The molecule has 0 spiro atoms. The van der Waals surface area contributed by atoms with Crippen LogP contribution in [0.1, 0.15) is 37.8 Å². The Morgan fingerprint density at radius 2 is 2.33 bits per heavy atom. The molecule has 1 N–H and O–H groups in total. The van der Waals surface area contributed by atoms with Crippen molar-refractivity contribution in [3.8, 4) is 0 Å². The normalized spacial score (nSPS) is 13.1. The highest BCUT2D eigenvalue weighted by molar-refractivity contribution is 7.16. The molecule has 0 saturated heterocycles. The highest BCUT2D eigenvalue weighted by atomic mass is 32.1. The summed E-state index contributed by atoms with van der Waals surface area (Å²) in [6.45, 7) is 4.00. The number of rotatable bonds is 5. The third kappa shape index (κ3) is 2.33. The van der Waals surface area contributed by atoms with Crippen molar-refractivity contribution in [2.24, 2.45) is 0 Å². The first kappa shape index (κ1) is 13.2. The van der Waals surface area contributed by atoms with Crippen LogP contribution in [0.25, 0.3) is 10.2 Å². The van der Waals surface area contributed by atoms with Gasteiger partial charge in [-0.15, -0.1) is 11.3 Å². The Bertz CT molecular complexity index is 588. The van der Waals surface area contributed by atoms with E-state index in [9.17, 15) is 9.90 Å². The van der Waals surface area contributed by atoms with E-state index in [4.69, 9.17) is 0 Å². The van der Waals surface area contributed by atoms with Crippen LogP contribution in [-0.4, -0.2) is 21.3 Å². The maximum atomic E-state index is 12.4. The van der Waals surface area contributed by atoms with Crippen molar-refractivity contribution in [2.75, 3.05) is 6.61 Å². The van der Waals surface area contributed by atoms with Crippen LogP contribution in [0.4, 0.5) is 0 Å². The molecule has 0 fully saturated rings. The molecule has 0 bridgehead atoms.